The van der Waals surface area contributed by atoms with E-state index in [0.717, 1.165) is 24.8 Å². The van der Waals surface area contributed by atoms with E-state index in [0.29, 0.717) is 6.04 Å². The summed E-state index contributed by atoms with van der Waals surface area (Å²) in [6.07, 6.45) is 1.98. The Morgan fingerprint density at radius 2 is 2.16 bits per heavy atom. The highest BCUT2D eigenvalue weighted by Gasteiger charge is 2.21. The summed E-state index contributed by atoms with van der Waals surface area (Å²) in [5.74, 6) is 1.21. The van der Waals surface area contributed by atoms with Crippen molar-refractivity contribution in [2.45, 2.75) is 57.4 Å². The highest BCUT2D eigenvalue weighted by molar-refractivity contribution is 8.00. The molecule has 0 aromatic rings. The Kier molecular flexibility index (Phi) is 6.47. The van der Waals surface area contributed by atoms with E-state index in [1.165, 1.54) is 12.2 Å². The fourth-order valence-corrected chi connectivity index (χ4v) is 3.20. The van der Waals surface area contributed by atoms with Gasteiger partial charge in [-0.3, -0.25) is 0 Å². The largest absolute Gasteiger partial charge is 0.444 e. The van der Waals surface area contributed by atoms with Gasteiger partial charge in [0, 0.05) is 30.6 Å². The Balaban J connectivity index is 2.10. The molecule has 4 nitrogen and oxygen atoms in total. The van der Waals surface area contributed by atoms with Crippen LogP contribution in [-0.4, -0.2) is 53.8 Å². The molecule has 1 amide bonds. The van der Waals surface area contributed by atoms with Gasteiger partial charge in [0.05, 0.1) is 0 Å². The molecule has 1 aliphatic rings. The summed E-state index contributed by atoms with van der Waals surface area (Å²) in [7, 11) is 1.79. The molecule has 1 rings (SSSR count). The van der Waals surface area contributed by atoms with Gasteiger partial charge >= 0.3 is 6.09 Å². The van der Waals surface area contributed by atoms with Crippen LogP contribution in [0.4, 0.5) is 4.79 Å². The first-order valence-corrected chi connectivity index (χ1v) is 8.12. The van der Waals surface area contributed by atoms with Crippen LogP contribution in [0.15, 0.2) is 0 Å². The number of ether oxygens (including phenoxy) is 1. The van der Waals surface area contributed by atoms with Gasteiger partial charge in [-0.05, 0) is 40.2 Å². The van der Waals surface area contributed by atoms with Crippen LogP contribution in [0.5, 0.6) is 0 Å². The Labute approximate surface area is 121 Å². The molecule has 0 spiro atoms. The lowest BCUT2D eigenvalue weighted by Crippen LogP contribution is -2.36. The van der Waals surface area contributed by atoms with Gasteiger partial charge in [-0.15, -0.1) is 0 Å². The summed E-state index contributed by atoms with van der Waals surface area (Å²) in [6, 6.07) is 0.645. The SMILES string of the molecule is CC1CC(NCCCN(C)C(=O)OC(C)(C)C)CS1. The van der Waals surface area contributed by atoms with E-state index in [4.69, 9.17) is 4.74 Å². The molecule has 1 fully saturated rings. The molecular formula is C14H28N2O2S. The van der Waals surface area contributed by atoms with Crippen molar-refractivity contribution in [3.05, 3.63) is 0 Å². The lowest BCUT2D eigenvalue weighted by atomic mass is 10.2. The standard InChI is InChI=1S/C14H28N2O2S/c1-11-9-12(10-19-11)15-7-6-8-16(5)13(17)18-14(2,3)4/h11-12,15H,6-10H2,1-5H3. The zero-order chi connectivity index (χ0) is 14.5. The van der Waals surface area contributed by atoms with Crippen molar-refractivity contribution >= 4 is 17.9 Å². The smallest absolute Gasteiger partial charge is 0.410 e. The van der Waals surface area contributed by atoms with Gasteiger partial charge in [0.15, 0.2) is 0 Å². The molecule has 112 valence electrons. The Morgan fingerprint density at radius 1 is 1.47 bits per heavy atom. The normalized spacial score (nSPS) is 23.4. The fraction of sp³-hybridized carbons (Fsp3) is 0.929. The van der Waals surface area contributed by atoms with Gasteiger partial charge in [0.2, 0.25) is 0 Å². The third-order valence-electron chi connectivity index (χ3n) is 3.01. The van der Waals surface area contributed by atoms with Crippen molar-refractivity contribution in [2.24, 2.45) is 0 Å². The third kappa shape index (κ3) is 7.06. The average Bonchev–Trinajstić information content (AvgIpc) is 2.68. The molecule has 2 atom stereocenters. The van der Waals surface area contributed by atoms with Crippen molar-refractivity contribution in [3.63, 3.8) is 0 Å². The minimum absolute atomic E-state index is 0.238. The lowest BCUT2D eigenvalue weighted by molar-refractivity contribution is 0.0297. The molecule has 1 aliphatic heterocycles. The fourth-order valence-electron chi connectivity index (χ4n) is 2.01. The second-order valence-electron chi connectivity index (χ2n) is 6.29. The molecule has 0 radical (unpaired) electrons. The molecule has 0 aliphatic carbocycles. The minimum atomic E-state index is -0.416. The van der Waals surface area contributed by atoms with Gasteiger partial charge < -0.3 is 15.0 Å². The molecule has 5 heteroatoms. The maximum absolute atomic E-state index is 11.7. The van der Waals surface area contributed by atoms with Crippen LogP contribution in [0.25, 0.3) is 0 Å². The molecule has 19 heavy (non-hydrogen) atoms. The first-order chi connectivity index (χ1) is 8.78. The van der Waals surface area contributed by atoms with E-state index in [1.54, 1.807) is 11.9 Å². The monoisotopic (exact) mass is 288 g/mol. The molecule has 1 heterocycles. The quantitative estimate of drug-likeness (QED) is 0.790. The zero-order valence-corrected chi connectivity index (χ0v) is 13.7. The highest BCUT2D eigenvalue weighted by Crippen LogP contribution is 2.25. The molecule has 0 aromatic heterocycles. The first kappa shape index (κ1) is 16.6. The summed E-state index contributed by atoms with van der Waals surface area (Å²) in [4.78, 5) is 13.4. The van der Waals surface area contributed by atoms with Crippen LogP contribution in [0.2, 0.25) is 0 Å². The van der Waals surface area contributed by atoms with Crippen molar-refractivity contribution in [1.29, 1.82) is 0 Å². The number of nitrogens with one attached hydrogen (secondary N) is 1. The molecule has 2 unspecified atom stereocenters. The zero-order valence-electron chi connectivity index (χ0n) is 12.9. The van der Waals surface area contributed by atoms with Crippen LogP contribution in [0, 0.1) is 0 Å². The van der Waals surface area contributed by atoms with Gasteiger partial charge in [-0.2, -0.15) is 11.8 Å². The second-order valence-corrected chi connectivity index (χ2v) is 7.76. The first-order valence-electron chi connectivity index (χ1n) is 7.07. The number of hydrogen-bond acceptors (Lipinski definition) is 4. The van der Waals surface area contributed by atoms with Crippen molar-refractivity contribution in [2.75, 3.05) is 25.9 Å². The van der Waals surface area contributed by atoms with Gasteiger partial charge in [-0.25, -0.2) is 4.79 Å². The van der Waals surface area contributed by atoms with Crippen LogP contribution < -0.4 is 5.32 Å². The van der Waals surface area contributed by atoms with Crippen LogP contribution >= 0.6 is 11.8 Å². The van der Waals surface area contributed by atoms with Crippen molar-refractivity contribution in [3.8, 4) is 0 Å². The van der Waals surface area contributed by atoms with Crippen molar-refractivity contribution in [1.82, 2.24) is 10.2 Å². The second kappa shape index (κ2) is 7.39. The number of carbonyl (C=O) groups is 1. The summed E-state index contributed by atoms with van der Waals surface area (Å²) in [5, 5.41) is 4.33. The Bertz CT molecular complexity index is 292. The molecule has 0 saturated carbocycles. The van der Waals surface area contributed by atoms with Crippen LogP contribution in [0.1, 0.15) is 40.5 Å². The van der Waals surface area contributed by atoms with E-state index < -0.39 is 5.60 Å². The summed E-state index contributed by atoms with van der Waals surface area (Å²) in [5.41, 5.74) is -0.416. The summed E-state index contributed by atoms with van der Waals surface area (Å²) >= 11 is 2.03. The average molecular weight is 288 g/mol. The third-order valence-corrected chi connectivity index (χ3v) is 4.36. The molecular weight excluding hydrogens is 260 g/mol. The van der Waals surface area contributed by atoms with Crippen LogP contribution in [0.3, 0.4) is 0 Å². The van der Waals surface area contributed by atoms with Gasteiger partial charge in [-0.1, -0.05) is 6.92 Å². The van der Waals surface area contributed by atoms with E-state index in [2.05, 4.69) is 12.2 Å². The summed E-state index contributed by atoms with van der Waals surface area (Å²) in [6.45, 7) is 9.64. The topological polar surface area (TPSA) is 41.6 Å². The van der Waals surface area contributed by atoms with Crippen molar-refractivity contribution < 1.29 is 9.53 Å². The Hall–Kier alpha value is -0.420. The Morgan fingerprint density at radius 3 is 2.68 bits per heavy atom. The number of rotatable bonds is 5. The maximum atomic E-state index is 11.7. The van der Waals surface area contributed by atoms with E-state index >= 15 is 0 Å². The number of hydrogen-bond donors (Lipinski definition) is 1. The van der Waals surface area contributed by atoms with E-state index in [9.17, 15) is 4.79 Å². The number of thioether (sulfide) groups is 1. The minimum Gasteiger partial charge on any atom is -0.444 e. The van der Waals surface area contributed by atoms with Gasteiger partial charge in [0.1, 0.15) is 5.60 Å². The lowest BCUT2D eigenvalue weighted by Gasteiger charge is -2.24. The predicted molar refractivity (Wildman–Crippen MR) is 81.8 cm³/mol. The number of carbonyl (C=O) groups excluding carboxylic acids is 1. The predicted octanol–water partition coefficient (Wildman–Crippen LogP) is 2.73. The number of nitrogens with zero attached hydrogens (tertiary/aromatic N) is 1. The van der Waals surface area contributed by atoms with E-state index in [-0.39, 0.29) is 6.09 Å². The molecule has 1 saturated heterocycles. The molecule has 0 bridgehead atoms. The molecule has 0 aromatic carbocycles. The highest BCUT2D eigenvalue weighted by atomic mass is 32.2. The van der Waals surface area contributed by atoms with Crippen LogP contribution in [-0.2, 0) is 4.74 Å². The summed E-state index contributed by atoms with van der Waals surface area (Å²) < 4.78 is 5.31. The van der Waals surface area contributed by atoms with E-state index in [1.807, 2.05) is 32.5 Å². The molecule has 1 N–H and O–H groups in total. The number of amides is 1. The van der Waals surface area contributed by atoms with Gasteiger partial charge in [0.25, 0.3) is 0 Å². The maximum Gasteiger partial charge on any atom is 0.410 e.